The predicted molar refractivity (Wildman–Crippen MR) is 107 cm³/mol. The minimum atomic E-state index is 0.220. The molecule has 0 aromatic rings. The number of fused-ring (bicyclic) bond motifs is 5. The summed E-state index contributed by atoms with van der Waals surface area (Å²) in [6, 6.07) is 0. The highest BCUT2D eigenvalue weighted by Gasteiger charge is 2.60. The fourth-order valence-electron chi connectivity index (χ4n) is 7.95. The monoisotopic (exact) mass is 357 g/mol. The van der Waals surface area contributed by atoms with Crippen molar-refractivity contribution in [3.63, 3.8) is 0 Å². The lowest BCUT2D eigenvalue weighted by Crippen LogP contribution is -2.55. The van der Waals surface area contributed by atoms with Gasteiger partial charge in [-0.15, -0.1) is 0 Å². The number of carbonyl (C=O) groups is 1. The van der Waals surface area contributed by atoms with Crippen LogP contribution in [0.1, 0.15) is 79.6 Å². The maximum absolute atomic E-state index is 12.3. The lowest BCUT2D eigenvalue weighted by Gasteiger charge is -2.60. The summed E-state index contributed by atoms with van der Waals surface area (Å²) in [5.41, 5.74) is 2.12. The van der Waals surface area contributed by atoms with Crippen molar-refractivity contribution in [3.8, 4) is 0 Å². The van der Waals surface area contributed by atoms with Gasteiger partial charge in [0.25, 0.3) is 0 Å². The molecule has 3 aliphatic carbocycles. The summed E-state index contributed by atoms with van der Waals surface area (Å²) >= 11 is 0. The van der Waals surface area contributed by atoms with E-state index in [0.29, 0.717) is 17.2 Å². The van der Waals surface area contributed by atoms with Gasteiger partial charge in [-0.3, -0.25) is 4.79 Å². The molecule has 1 amide bonds. The number of amides is 1. The Bertz CT molecular complexity index is 622. The van der Waals surface area contributed by atoms with Crippen molar-refractivity contribution in [3.05, 3.63) is 11.8 Å². The van der Waals surface area contributed by atoms with E-state index in [2.05, 4.69) is 40.7 Å². The number of allylic oxidation sites excluding steroid dienone is 2. The van der Waals surface area contributed by atoms with Crippen molar-refractivity contribution >= 4 is 5.91 Å². The molecule has 1 saturated heterocycles. The Morgan fingerprint density at radius 2 is 1.88 bits per heavy atom. The van der Waals surface area contributed by atoms with E-state index in [4.69, 9.17) is 0 Å². The second-order valence-corrected chi connectivity index (χ2v) is 11.0. The lowest BCUT2D eigenvalue weighted by atomic mass is 9.47. The molecule has 0 N–H and O–H groups in total. The molecular weight excluding hydrogens is 318 g/mol. The fraction of sp³-hybridized carbons (Fsp3) is 0.875. The highest BCUT2D eigenvalue weighted by Crippen LogP contribution is 2.67. The third-order valence-electron chi connectivity index (χ3n) is 9.31. The van der Waals surface area contributed by atoms with E-state index in [0.717, 1.165) is 42.4 Å². The number of hydrogen-bond donors (Lipinski definition) is 0. The molecule has 3 fully saturated rings. The fourth-order valence-corrected chi connectivity index (χ4v) is 7.95. The minimum absolute atomic E-state index is 0.220. The van der Waals surface area contributed by atoms with Crippen LogP contribution in [0.2, 0.25) is 0 Å². The van der Waals surface area contributed by atoms with Gasteiger partial charge in [0, 0.05) is 24.6 Å². The first-order valence-electron chi connectivity index (χ1n) is 11.2. The smallest absolute Gasteiger partial charge is 0.226 e. The standard InChI is InChI=1S/C24H39NO/c1-15(2)13-17-7-8-18-22-16(3)14-20-24(5,12-10-21(26)25(20)6)19(22)9-11-23(17,18)4/h14-19,22H,7-13H2,1-6H3/t16?,17?,18-,19+,22-,23+,24+/m0/s1. The van der Waals surface area contributed by atoms with Crippen LogP contribution in [-0.4, -0.2) is 17.9 Å². The molecule has 26 heavy (non-hydrogen) atoms. The first-order valence-corrected chi connectivity index (χ1v) is 11.2. The van der Waals surface area contributed by atoms with Crippen molar-refractivity contribution in [1.29, 1.82) is 0 Å². The molecule has 0 spiro atoms. The zero-order valence-corrected chi connectivity index (χ0v) is 17.8. The van der Waals surface area contributed by atoms with E-state index in [1.54, 1.807) is 0 Å². The quantitative estimate of drug-likeness (QED) is 0.604. The van der Waals surface area contributed by atoms with Crippen LogP contribution in [0.15, 0.2) is 11.8 Å². The zero-order valence-electron chi connectivity index (χ0n) is 17.8. The number of hydrogen-bond acceptors (Lipinski definition) is 1. The SMILES string of the molecule is CC(C)CC1CC[C@H]2[C@@H]3C(C)C=C4N(C)C(=O)CC[C@]4(C)[C@@H]3CC[C@]12C. The average Bonchev–Trinajstić information content (AvgIpc) is 2.90. The van der Waals surface area contributed by atoms with Crippen molar-refractivity contribution in [2.45, 2.75) is 79.6 Å². The maximum atomic E-state index is 12.3. The average molecular weight is 358 g/mol. The molecule has 0 aromatic heterocycles. The van der Waals surface area contributed by atoms with Gasteiger partial charge in [-0.2, -0.15) is 0 Å². The highest BCUT2D eigenvalue weighted by molar-refractivity contribution is 5.79. The Morgan fingerprint density at radius 1 is 1.15 bits per heavy atom. The van der Waals surface area contributed by atoms with E-state index < -0.39 is 0 Å². The van der Waals surface area contributed by atoms with E-state index in [9.17, 15) is 4.79 Å². The number of nitrogens with zero attached hydrogens (tertiary/aromatic N) is 1. The topological polar surface area (TPSA) is 20.3 Å². The molecule has 0 radical (unpaired) electrons. The van der Waals surface area contributed by atoms with Crippen LogP contribution in [0, 0.1) is 46.3 Å². The largest absolute Gasteiger partial charge is 0.319 e. The number of piperidine rings is 1. The van der Waals surface area contributed by atoms with Gasteiger partial charge in [-0.25, -0.2) is 0 Å². The molecule has 4 aliphatic rings. The van der Waals surface area contributed by atoms with Gasteiger partial charge < -0.3 is 4.90 Å². The van der Waals surface area contributed by atoms with Gasteiger partial charge in [0.05, 0.1) is 0 Å². The Kier molecular flexibility index (Phi) is 4.36. The minimum Gasteiger partial charge on any atom is -0.319 e. The Hall–Kier alpha value is -0.790. The summed E-state index contributed by atoms with van der Waals surface area (Å²) in [5, 5.41) is 0. The second-order valence-electron chi connectivity index (χ2n) is 11.0. The summed E-state index contributed by atoms with van der Waals surface area (Å²) in [7, 11) is 2.01. The molecule has 2 nitrogen and oxygen atoms in total. The molecule has 7 atom stereocenters. The lowest BCUT2D eigenvalue weighted by molar-refractivity contribution is -0.137. The van der Waals surface area contributed by atoms with Crippen LogP contribution in [0.4, 0.5) is 0 Å². The summed E-state index contributed by atoms with van der Waals surface area (Å²) in [5.74, 6) is 5.15. The second kappa shape index (κ2) is 6.11. The third kappa shape index (κ3) is 2.46. The van der Waals surface area contributed by atoms with Crippen molar-refractivity contribution < 1.29 is 4.79 Å². The third-order valence-corrected chi connectivity index (χ3v) is 9.31. The van der Waals surface area contributed by atoms with Crippen LogP contribution >= 0.6 is 0 Å². The highest BCUT2D eigenvalue weighted by atomic mass is 16.2. The van der Waals surface area contributed by atoms with Gasteiger partial charge >= 0.3 is 0 Å². The molecule has 146 valence electrons. The van der Waals surface area contributed by atoms with E-state index >= 15 is 0 Å². The molecular formula is C24H39NO. The normalized spacial score (nSPS) is 48.1. The van der Waals surface area contributed by atoms with Crippen molar-refractivity contribution in [2.24, 2.45) is 46.3 Å². The van der Waals surface area contributed by atoms with E-state index in [-0.39, 0.29) is 5.41 Å². The Labute approximate surface area is 160 Å². The first kappa shape index (κ1) is 18.6. The first-order chi connectivity index (χ1) is 12.2. The van der Waals surface area contributed by atoms with Crippen LogP contribution < -0.4 is 0 Å². The molecule has 0 bridgehead atoms. The van der Waals surface area contributed by atoms with Crippen molar-refractivity contribution in [1.82, 2.24) is 4.90 Å². The maximum Gasteiger partial charge on any atom is 0.226 e. The van der Waals surface area contributed by atoms with Crippen LogP contribution in [0.5, 0.6) is 0 Å². The molecule has 0 aromatic carbocycles. The van der Waals surface area contributed by atoms with E-state index in [1.807, 2.05) is 11.9 Å². The number of rotatable bonds is 2. The summed E-state index contributed by atoms with van der Waals surface area (Å²) in [6.45, 7) is 12.4. The zero-order chi connectivity index (χ0) is 18.9. The Morgan fingerprint density at radius 3 is 2.58 bits per heavy atom. The molecule has 2 unspecified atom stereocenters. The van der Waals surface area contributed by atoms with E-state index in [1.165, 1.54) is 37.8 Å². The van der Waals surface area contributed by atoms with Crippen LogP contribution in [0.25, 0.3) is 0 Å². The van der Waals surface area contributed by atoms with Crippen LogP contribution in [0.3, 0.4) is 0 Å². The molecule has 1 aliphatic heterocycles. The molecule has 1 heterocycles. The summed E-state index contributed by atoms with van der Waals surface area (Å²) in [4.78, 5) is 14.3. The predicted octanol–water partition coefficient (Wildman–Crippen LogP) is 5.88. The molecule has 2 heteroatoms. The summed E-state index contributed by atoms with van der Waals surface area (Å²) < 4.78 is 0. The molecule has 2 saturated carbocycles. The number of carbonyl (C=O) groups excluding carboxylic acids is 1. The van der Waals surface area contributed by atoms with Gasteiger partial charge in [-0.1, -0.05) is 40.7 Å². The van der Waals surface area contributed by atoms with Gasteiger partial charge in [0.2, 0.25) is 5.91 Å². The number of likely N-dealkylation sites (tertiary alicyclic amines) is 1. The Balaban J connectivity index is 1.69. The molecule has 4 rings (SSSR count). The van der Waals surface area contributed by atoms with Gasteiger partial charge in [0.1, 0.15) is 0 Å². The van der Waals surface area contributed by atoms with Crippen LogP contribution in [-0.2, 0) is 4.79 Å². The summed E-state index contributed by atoms with van der Waals surface area (Å²) in [6.07, 6.45) is 11.4. The van der Waals surface area contributed by atoms with Crippen molar-refractivity contribution in [2.75, 3.05) is 7.05 Å². The van der Waals surface area contributed by atoms with Gasteiger partial charge in [0.15, 0.2) is 0 Å². The van der Waals surface area contributed by atoms with Gasteiger partial charge in [-0.05, 0) is 79.4 Å².